The minimum Gasteiger partial charge on any atom is -0.462 e. The quantitative estimate of drug-likeness (QED) is 0.380. The lowest BCUT2D eigenvalue weighted by Crippen LogP contribution is -2.38. The summed E-state index contributed by atoms with van der Waals surface area (Å²) in [5.41, 5.74) is 3.11. The van der Waals surface area contributed by atoms with Crippen molar-refractivity contribution in [3.63, 3.8) is 0 Å². The maximum Gasteiger partial charge on any atom is 0.318 e. The molecule has 7 nitrogen and oxygen atoms in total. The second-order valence-corrected chi connectivity index (χ2v) is 11.2. The first-order valence-corrected chi connectivity index (χ1v) is 14.1. The third-order valence-corrected chi connectivity index (χ3v) is 8.65. The molecule has 198 valence electrons. The molecule has 38 heavy (non-hydrogen) atoms. The Morgan fingerprint density at radius 1 is 1.13 bits per heavy atom. The largest absolute Gasteiger partial charge is 0.462 e. The summed E-state index contributed by atoms with van der Waals surface area (Å²) in [5.74, 6) is 1.27. The number of aromatic nitrogens is 2. The van der Waals surface area contributed by atoms with E-state index in [1.54, 1.807) is 0 Å². The Bertz CT molecular complexity index is 1350. The van der Waals surface area contributed by atoms with Gasteiger partial charge in [0.15, 0.2) is 0 Å². The summed E-state index contributed by atoms with van der Waals surface area (Å²) in [7, 11) is 2.16. The van der Waals surface area contributed by atoms with Crippen LogP contribution in [0.15, 0.2) is 36.4 Å². The standard InChI is InChI=1S/C30H34ClN5O2/c1-32-16-20-7-5-14-36(17-20)29-24-19-37-27(23-11-3-8-21-9-4-12-25(31)28(21)23)15-26(24)33-30(34-29)38-18-22-10-6-13-35(22)2/h3-4,8-9,11-12,20,22,27H,5-7,10,13-19H2,2H3/t20-,22-,27?/m0/s1. The molecule has 6 rings (SSSR count). The van der Waals surface area contributed by atoms with Gasteiger partial charge in [0.05, 0.1) is 18.4 Å². The Hall–Kier alpha value is -2.92. The number of ether oxygens (including phenoxy) is 2. The van der Waals surface area contributed by atoms with Gasteiger partial charge in [-0.1, -0.05) is 41.9 Å². The van der Waals surface area contributed by atoms with Gasteiger partial charge in [0, 0.05) is 47.4 Å². The van der Waals surface area contributed by atoms with E-state index in [0.29, 0.717) is 44.1 Å². The highest BCUT2D eigenvalue weighted by atomic mass is 35.5. The lowest BCUT2D eigenvalue weighted by molar-refractivity contribution is 0.0265. The van der Waals surface area contributed by atoms with Crippen LogP contribution in [-0.2, 0) is 17.8 Å². The zero-order valence-electron chi connectivity index (χ0n) is 21.9. The van der Waals surface area contributed by atoms with E-state index in [0.717, 1.165) is 77.3 Å². The molecule has 0 amide bonds. The molecule has 0 aliphatic carbocycles. The topological polar surface area (TPSA) is 55.1 Å². The molecular formula is C30H34ClN5O2. The summed E-state index contributed by atoms with van der Waals surface area (Å²) in [6, 6.07) is 13.1. The first-order valence-electron chi connectivity index (χ1n) is 13.7. The minimum atomic E-state index is -0.154. The van der Waals surface area contributed by atoms with Crippen LogP contribution in [-0.4, -0.2) is 60.7 Å². The van der Waals surface area contributed by atoms with Crippen LogP contribution in [0.5, 0.6) is 6.01 Å². The van der Waals surface area contributed by atoms with E-state index in [4.69, 9.17) is 37.6 Å². The third kappa shape index (κ3) is 5.05. The Morgan fingerprint density at radius 2 is 1.97 bits per heavy atom. The van der Waals surface area contributed by atoms with Gasteiger partial charge in [0.25, 0.3) is 0 Å². The lowest BCUT2D eigenvalue weighted by atomic mass is 9.94. The number of rotatable bonds is 6. The van der Waals surface area contributed by atoms with Crippen LogP contribution in [0.3, 0.4) is 0 Å². The highest BCUT2D eigenvalue weighted by Gasteiger charge is 2.32. The molecule has 3 aromatic rings. The fraction of sp³-hybridized carbons (Fsp3) is 0.500. The van der Waals surface area contributed by atoms with Gasteiger partial charge in [0.2, 0.25) is 6.54 Å². The molecule has 2 aromatic carbocycles. The summed E-state index contributed by atoms with van der Waals surface area (Å²) < 4.78 is 12.8. The predicted octanol–water partition coefficient (Wildman–Crippen LogP) is 5.71. The molecule has 1 unspecified atom stereocenters. The summed E-state index contributed by atoms with van der Waals surface area (Å²) in [6.07, 6.45) is 4.96. The van der Waals surface area contributed by atoms with E-state index in [1.807, 2.05) is 12.1 Å². The monoisotopic (exact) mass is 531 g/mol. The zero-order valence-corrected chi connectivity index (χ0v) is 22.7. The number of likely N-dealkylation sites (N-methyl/N-ethyl adjacent to an activating group) is 1. The average Bonchev–Trinajstić information content (AvgIpc) is 3.35. The number of likely N-dealkylation sites (tertiary alicyclic amines) is 1. The number of fused-ring (bicyclic) bond motifs is 2. The highest BCUT2D eigenvalue weighted by Crippen LogP contribution is 2.39. The normalized spacial score (nSPS) is 23.8. The van der Waals surface area contributed by atoms with Gasteiger partial charge in [-0.3, -0.25) is 0 Å². The SMILES string of the molecule is [C-]#[N+]C[C@@H]1CCCN(c2nc(OC[C@@H]3CCCN3C)nc3c2COC(c2cccc4cccc(Cl)c24)C3)C1. The van der Waals surface area contributed by atoms with Crippen molar-refractivity contribution < 1.29 is 9.47 Å². The average molecular weight is 532 g/mol. The van der Waals surface area contributed by atoms with Crippen LogP contribution in [0.25, 0.3) is 15.6 Å². The van der Waals surface area contributed by atoms with Crippen molar-refractivity contribution in [3.05, 3.63) is 69.7 Å². The molecular weight excluding hydrogens is 498 g/mol. The van der Waals surface area contributed by atoms with Gasteiger partial charge in [-0.05, 0) is 56.3 Å². The molecule has 3 aliphatic rings. The van der Waals surface area contributed by atoms with E-state index >= 15 is 0 Å². The van der Waals surface area contributed by atoms with Crippen LogP contribution in [0.2, 0.25) is 5.02 Å². The Morgan fingerprint density at radius 3 is 2.79 bits per heavy atom. The van der Waals surface area contributed by atoms with Gasteiger partial charge in [-0.2, -0.15) is 9.97 Å². The number of hydrogen-bond donors (Lipinski definition) is 0. The van der Waals surface area contributed by atoms with Gasteiger partial charge < -0.3 is 24.1 Å². The summed E-state index contributed by atoms with van der Waals surface area (Å²) >= 11 is 6.66. The van der Waals surface area contributed by atoms with E-state index in [-0.39, 0.29) is 6.10 Å². The molecule has 0 bridgehead atoms. The molecule has 2 saturated heterocycles. The summed E-state index contributed by atoms with van der Waals surface area (Å²) in [5, 5.41) is 2.88. The second kappa shape index (κ2) is 11.1. The minimum absolute atomic E-state index is 0.154. The highest BCUT2D eigenvalue weighted by molar-refractivity contribution is 6.35. The first kappa shape index (κ1) is 25.4. The molecule has 0 spiro atoms. The number of halogens is 1. The number of hydrogen-bond acceptors (Lipinski definition) is 6. The van der Waals surface area contributed by atoms with Gasteiger partial charge >= 0.3 is 6.01 Å². The Labute approximate surface area is 229 Å². The summed E-state index contributed by atoms with van der Waals surface area (Å²) in [6.45, 7) is 11.8. The number of piperidine rings is 1. The fourth-order valence-corrected chi connectivity index (χ4v) is 6.53. The van der Waals surface area contributed by atoms with Crippen molar-refractivity contribution >= 4 is 28.2 Å². The number of benzene rings is 2. The molecule has 4 heterocycles. The second-order valence-electron chi connectivity index (χ2n) is 10.8. The van der Waals surface area contributed by atoms with E-state index in [9.17, 15) is 0 Å². The van der Waals surface area contributed by atoms with Crippen molar-refractivity contribution in [1.82, 2.24) is 14.9 Å². The van der Waals surface area contributed by atoms with Crippen molar-refractivity contribution in [3.8, 4) is 6.01 Å². The number of anilines is 1. The maximum absolute atomic E-state index is 7.35. The van der Waals surface area contributed by atoms with Crippen LogP contribution >= 0.6 is 11.6 Å². The Balaban J connectivity index is 1.34. The lowest BCUT2D eigenvalue weighted by Gasteiger charge is -2.35. The van der Waals surface area contributed by atoms with Gasteiger partial charge in [-0.15, -0.1) is 0 Å². The smallest absolute Gasteiger partial charge is 0.318 e. The predicted molar refractivity (Wildman–Crippen MR) is 150 cm³/mol. The molecule has 2 fully saturated rings. The van der Waals surface area contributed by atoms with Gasteiger partial charge in [-0.25, -0.2) is 6.57 Å². The Kier molecular flexibility index (Phi) is 7.38. The van der Waals surface area contributed by atoms with Crippen molar-refractivity contribution in [1.29, 1.82) is 0 Å². The van der Waals surface area contributed by atoms with Crippen molar-refractivity contribution in [2.75, 3.05) is 44.7 Å². The van der Waals surface area contributed by atoms with E-state index in [1.165, 1.54) is 6.42 Å². The van der Waals surface area contributed by atoms with E-state index in [2.05, 4.69) is 46.0 Å². The molecule has 0 N–H and O–H groups in total. The van der Waals surface area contributed by atoms with Crippen LogP contribution < -0.4 is 9.64 Å². The molecule has 0 saturated carbocycles. The molecule has 3 atom stereocenters. The van der Waals surface area contributed by atoms with Crippen LogP contribution in [0.4, 0.5) is 5.82 Å². The van der Waals surface area contributed by atoms with Crippen LogP contribution in [0.1, 0.15) is 48.6 Å². The third-order valence-electron chi connectivity index (χ3n) is 8.34. The number of nitrogens with zero attached hydrogens (tertiary/aromatic N) is 5. The summed E-state index contributed by atoms with van der Waals surface area (Å²) in [4.78, 5) is 18.3. The van der Waals surface area contributed by atoms with Gasteiger partial charge in [0.1, 0.15) is 12.4 Å². The maximum atomic E-state index is 7.35. The first-order chi connectivity index (χ1) is 18.6. The zero-order chi connectivity index (χ0) is 26.1. The molecule has 0 radical (unpaired) electrons. The molecule has 1 aromatic heterocycles. The molecule has 3 aliphatic heterocycles. The van der Waals surface area contributed by atoms with Crippen LogP contribution in [0, 0.1) is 12.5 Å². The van der Waals surface area contributed by atoms with Crippen molar-refractivity contribution in [2.24, 2.45) is 5.92 Å². The molecule has 8 heteroatoms. The fourth-order valence-electron chi connectivity index (χ4n) is 6.24. The van der Waals surface area contributed by atoms with Crippen molar-refractivity contribution in [2.45, 2.75) is 50.9 Å². The van der Waals surface area contributed by atoms with E-state index < -0.39 is 0 Å².